The van der Waals surface area contributed by atoms with Gasteiger partial charge < -0.3 is 15.3 Å². The summed E-state index contributed by atoms with van der Waals surface area (Å²) in [7, 11) is 1.80. The maximum atomic E-state index is 11.4. The van der Waals surface area contributed by atoms with Crippen LogP contribution in [0.4, 0.5) is 0 Å². The van der Waals surface area contributed by atoms with Crippen LogP contribution in [0.2, 0.25) is 0 Å². The molecule has 0 atom stereocenters. The Balaban J connectivity index is 2.89. The lowest BCUT2D eigenvalue weighted by atomic mass is 10.2. The van der Waals surface area contributed by atoms with Gasteiger partial charge in [0, 0.05) is 13.2 Å². The number of hydrogen-bond acceptors (Lipinski definition) is 2. The minimum Gasteiger partial charge on any atom is -0.364 e. The van der Waals surface area contributed by atoms with E-state index in [0.29, 0.717) is 10.9 Å². The molecular weight excluding hydrogens is 182 g/mol. The number of aromatic nitrogens is 2. The van der Waals surface area contributed by atoms with Gasteiger partial charge in [-0.05, 0) is 12.1 Å². The molecular formula is C9H9N3O2. The first-order chi connectivity index (χ1) is 6.59. The van der Waals surface area contributed by atoms with Crippen molar-refractivity contribution in [1.82, 2.24) is 9.55 Å². The minimum absolute atomic E-state index is 0.129. The Morgan fingerprint density at radius 3 is 2.93 bits per heavy atom. The van der Waals surface area contributed by atoms with Gasteiger partial charge in [0.05, 0.1) is 10.9 Å². The van der Waals surface area contributed by atoms with Crippen LogP contribution in [-0.2, 0) is 7.05 Å². The lowest BCUT2D eigenvalue weighted by molar-refractivity contribution is 0.0995. The number of primary amides is 1. The molecule has 0 bridgehead atoms. The highest BCUT2D eigenvalue weighted by Gasteiger charge is 2.07. The van der Waals surface area contributed by atoms with Crippen molar-refractivity contribution in [3.63, 3.8) is 0 Å². The van der Waals surface area contributed by atoms with Crippen LogP contribution in [0.3, 0.4) is 0 Å². The van der Waals surface area contributed by atoms with Gasteiger partial charge in [-0.2, -0.15) is 0 Å². The standard InChI is InChI=1S/C9H9N3O2/c1-12-3-2-5-7(12)4-6(8(10)13)11-9(5)14/h2-4H,1H3,(H2,10,13)(H,11,14). The second-order valence-corrected chi connectivity index (χ2v) is 3.10. The zero-order valence-corrected chi connectivity index (χ0v) is 7.57. The second kappa shape index (κ2) is 2.73. The van der Waals surface area contributed by atoms with E-state index in [9.17, 15) is 9.59 Å². The maximum absolute atomic E-state index is 11.4. The average molecular weight is 191 g/mol. The Morgan fingerprint density at radius 2 is 2.29 bits per heavy atom. The fourth-order valence-electron chi connectivity index (χ4n) is 1.41. The number of pyridine rings is 1. The van der Waals surface area contributed by atoms with E-state index >= 15 is 0 Å². The maximum Gasteiger partial charge on any atom is 0.265 e. The van der Waals surface area contributed by atoms with Gasteiger partial charge in [0.15, 0.2) is 0 Å². The molecule has 0 saturated carbocycles. The van der Waals surface area contributed by atoms with Gasteiger partial charge in [-0.15, -0.1) is 0 Å². The summed E-state index contributed by atoms with van der Waals surface area (Å²) < 4.78 is 1.76. The third-order valence-corrected chi connectivity index (χ3v) is 2.16. The summed E-state index contributed by atoms with van der Waals surface area (Å²) in [5, 5.41) is 0.553. The molecule has 3 N–H and O–H groups in total. The fourth-order valence-corrected chi connectivity index (χ4v) is 1.41. The Labute approximate surface area is 79.1 Å². The zero-order chi connectivity index (χ0) is 10.3. The Hall–Kier alpha value is -2.04. The van der Waals surface area contributed by atoms with Crippen LogP contribution in [0.25, 0.3) is 10.9 Å². The lowest BCUT2D eigenvalue weighted by Crippen LogP contribution is -2.18. The van der Waals surface area contributed by atoms with Gasteiger partial charge in [-0.1, -0.05) is 0 Å². The van der Waals surface area contributed by atoms with Crippen molar-refractivity contribution in [3.8, 4) is 0 Å². The number of H-pyrrole nitrogens is 1. The van der Waals surface area contributed by atoms with Crippen molar-refractivity contribution in [3.05, 3.63) is 34.4 Å². The molecule has 0 unspecified atom stereocenters. The summed E-state index contributed by atoms with van der Waals surface area (Å²) in [6.45, 7) is 0. The zero-order valence-electron chi connectivity index (χ0n) is 7.57. The first-order valence-corrected chi connectivity index (χ1v) is 4.08. The van der Waals surface area contributed by atoms with Gasteiger partial charge in [0.25, 0.3) is 11.5 Å². The van der Waals surface area contributed by atoms with Gasteiger partial charge in [0.1, 0.15) is 5.69 Å². The number of nitrogens with zero attached hydrogens (tertiary/aromatic N) is 1. The van der Waals surface area contributed by atoms with E-state index in [1.54, 1.807) is 29.9 Å². The Bertz CT molecular complexity index is 565. The summed E-state index contributed by atoms with van der Waals surface area (Å²) in [5.74, 6) is -0.634. The van der Waals surface area contributed by atoms with Crippen LogP contribution in [0.15, 0.2) is 23.1 Å². The highest BCUT2D eigenvalue weighted by Crippen LogP contribution is 2.10. The normalized spacial score (nSPS) is 10.6. The SMILES string of the molecule is Cn1ccc2c(=O)[nH]c(C(N)=O)cc21. The van der Waals surface area contributed by atoms with E-state index in [2.05, 4.69) is 4.98 Å². The second-order valence-electron chi connectivity index (χ2n) is 3.10. The number of nitrogens with one attached hydrogen (secondary N) is 1. The summed E-state index contributed by atoms with van der Waals surface area (Å²) in [5.41, 5.74) is 5.61. The molecule has 14 heavy (non-hydrogen) atoms. The van der Waals surface area contributed by atoms with Crippen LogP contribution >= 0.6 is 0 Å². The van der Waals surface area contributed by atoms with Crippen molar-refractivity contribution in [2.24, 2.45) is 12.8 Å². The third kappa shape index (κ3) is 1.10. The van der Waals surface area contributed by atoms with Crippen LogP contribution < -0.4 is 11.3 Å². The van der Waals surface area contributed by atoms with Crippen molar-refractivity contribution >= 4 is 16.8 Å². The molecule has 72 valence electrons. The number of rotatable bonds is 1. The van der Waals surface area contributed by atoms with Crippen molar-refractivity contribution in [2.75, 3.05) is 0 Å². The molecule has 0 saturated heterocycles. The fraction of sp³-hybridized carbons (Fsp3) is 0.111. The van der Waals surface area contributed by atoms with E-state index < -0.39 is 5.91 Å². The van der Waals surface area contributed by atoms with Crippen molar-refractivity contribution in [2.45, 2.75) is 0 Å². The minimum atomic E-state index is -0.634. The molecule has 5 nitrogen and oxygen atoms in total. The van der Waals surface area contributed by atoms with E-state index in [1.165, 1.54) is 0 Å². The highest BCUT2D eigenvalue weighted by atomic mass is 16.1. The molecule has 1 amide bonds. The van der Waals surface area contributed by atoms with Gasteiger partial charge in [0.2, 0.25) is 0 Å². The molecule has 0 aliphatic heterocycles. The number of amides is 1. The third-order valence-electron chi connectivity index (χ3n) is 2.16. The monoisotopic (exact) mass is 191 g/mol. The van der Waals surface area contributed by atoms with E-state index in [1.807, 2.05) is 0 Å². The number of nitrogens with two attached hydrogens (primary N) is 1. The molecule has 2 aromatic rings. The summed E-state index contributed by atoms with van der Waals surface area (Å²) in [4.78, 5) is 24.7. The van der Waals surface area contributed by atoms with Gasteiger partial charge in [-0.3, -0.25) is 9.59 Å². The first-order valence-electron chi connectivity index (χ1n) is 4.08. The van der Waals surface area contributed by atoms with Crippen molar-refractivity contribution in [1.29, 1.82) is 0 Å². The van der Waals surface area contributed by atoms with Crippen LogP contribution in [0.5, 0.6) is 0 Å². The van der Waals surface area contributed by atoms with Crippen LogP contribution in [-0.4, -0.2) is 15.5 Å². The number of fused-ring (bicyclic) bond motifs is 1. The smallest absolute Gasteiger partial charge is 0.265 e. The number of carbonyl (C=O) groups excluding carboxylic acids is 1. The quantitative estimate of drug-likeness (QED) is 0.663. The predicted octanol–water partition coefficient (Wildman–Crippen LogP) is -0.0345. The predicted molar refractivity (Wildman–Crippen MR) is 52.1 cm³/mol. The molecule has 2 rings (SSSR count). The first kappa shape index (κ1) is 8.55. The Morgan fingerprint density at radius 1 is 1.57 bits per heavy atom. The molecule has 0 aliphatic carbocycles. The summed E-state index contributed by atoms with van der Waals surface area (Å²) >= 11 is 0. The number of carbonyl (C=O) groups is 1. The van der Waals surface area contributed by atoms with Gasteiger partial charge in [-0.25, -0.2) is 0 Å². The molecule has 2 heterocycles. The Kier molecular flexibility index (Phi) is 1.67. The molecule has 2 aromatic heterocycles. The highest BCUT2D eigenvalue weighted by molar-refractivity contribution is 5.94. The largest absolute Gasteiger partial charge is 0.364 e. The van der Waals surface area contributed by atoms with Crippen LogP contribution in [0, 0.1) is 0 Å². The molecule has 5 heteroatoms. The van der Waals surface area contributed by atoms with E-state index in [-0.39, 0.29) is 11.3 Å². The van der Waals surface area contributed by atoms with E-state index in [0.717, 1.165) is 0 Å². The number of hydrogen-bond donors (Lipinski definition) is 2. The summed E-state index contributed by atoms with van der Waals surface area (Å²) in [6, 6.07) is 3.26. The summed E-state index contributed by atoms with van der Waals surface area (Å²) in [6.07, 6.45) is 1.75. The molecule has 0 fully saturated rings. The molecule has 0 radical (unpaired) electrons. The van der Waals surface area contributed by atoms with Crippen LogP contribution in [0.1, 0.15) is 10.5 Å². The van der Waals surface area contributed by atoms with Gasteiger partial charge >= 0.3 is 0 Å². The van der Waals surface area contributed by atoms with Crippen molar-refractivity contribution < 1.29 is 4.79 Å². The average Bonchev–Trinajstić information content (AvgIpc) is 2.48. The molecule has 0 aliphatic rings. The molecule has 0 spiro atoms. The topological polar surface area (TPSA) is 80.9 Å². The molecule has 0 aromatic carbocycles. The number of aryl methyl sites for hydroxylation is 1. The number of aromatic amines is 1. The van der Waals surface area contributed by atoms with E-state index in [4.69, 9.17) is 5.73 Å². The lowest BCUT2D eigenvalue weighted by Gasteiger charge is -1.98.